The van der Waals surface area contributed by atoms with E-state index in [9.17, 15) is 0 Å². The van der Waals surface area contributed by atoms with Crippen molar-refractivity contribution >= 4 is 0 Å². The van der Waals surface area contributed by atoms with Crippen LogP contribution in [-0.4, -0.2) is 10.3 Å². The first-order valence-electron chi connectivity index (χ1n) is 4.24. The van der Waals surface area contributed by atoms with Gasteiger partial charge in [0.05, 0.1) is 6.61 Å². The van der Waals surface area contributed by atoms with E-state index in [0.717, 1.165) is 29.9 Å². The molecule has 1 aromatic heterocycles. The second-order valence-electron chi connectivity index (χ2n) is 3.98. The minimum Gasteiger partial charge on any atom is -0.390 e. The van der Waals surface area contributed by atoms with Crippen molar-refractivity contribution in [2.75, 3.05) is 0 Å². The van der Waals surface area contributed by atoms with Crippen molar-refractivity contribution in [1.29, 1.82) is 0 Å². The van der Waals surface area contributed by atoms with Crippen molar-refractivity contribution in [3.05, 3.63) is 17.0 Å². The Balaban J connectivity index is 2.49. The van der Waals surface area contributed by atoms with Crippen LogP contribution in [0.2, 0.25) is 0 Å². The van der Waals surface area contributed by atoms with E-state index in [1.807, 2.05) is 0 Å². The van der Waals surface area contributed by atoms with Gasteiger partial charge in [-0.3, -0.25) is 0 Å². The van der Waals surface area contributed by atoms with Gasteiger partial charge in [-0.1, -0.05) is 19.0 Å². The van der Waals surface area contributed by atoms with Gasteiger partial charge in [0.15, 0.2) is 0 Å². The summed E-state index contributed by atoms with van der Waals surface area (Å²) in [6, 6.07) is 0. The third-order valence-electron chi connectivity index (χ3n) is 2.63. The molecule has 3 nitrogen and oxygen atoms in total. The summed E-state index contributed by atoms with van der Waals surface area (Å²) in [7, 11) is 0. The first-order chi connectivity index (χ1) is 5.65. The van der Waals surface area contributed by atoms with Crippen LogP contribution >= 0.6 is 0 Å². The number of hydrogen-bond donors (Lipinski definition) is 1. The molecule has 0 aliphatic heterocycles. The molecule has 0 radical (unpaired) electrons. The molecular weight excluding hydrogens is 154 g/mol. The summed E-state index contributed by atoms with van der Waals surface area (Å²) in [6.45, 7) is 4.28. The molecule has 0 bridgehead atoms. The lowest BCUT2D eigenvalue weighted by Crippen LogP contribution is -2.10. The summed E-state index contributed by atoms with van der Waals surface area (Å²) >= 11 is 0. The normalized spacial score (nSPS) is 19.6. The van der Waals surface area contributed by atoms with Gasteiger partial charge >= 0.3 is 0 Å². The summed E-state index contributed by atoms with van der Waals surface area (Å²) in [4.78, 5) is 0. The monoisotopic (exact) mass is 167 g/mol. The minimum atomic E-state index is -0.00505. The Morgan fingerprint density at radius 3 is 3.00 bits per heavy atom. The fourth-order valence-electron chi connectivity index (χ4n) is 1.81. The van der Waals surface area contributed by atoms with Gasteiger partial charge in [-0.05, 0) is 12.8 Å². The fraction of sp³-hybridized carbons (Fsp3) is 0.667. The number of hydrogen-bond acceptors (Lipinski definition) is 3. The van der Waals surface area contributed by atoms with Crippen molar-refractivity contribution in [2.24, 2.45) is 0 Å². The largest absolute Gasteiger partial charge is 0.390 e. The van der Waals surface area contributed by atoms with E-state index in [1.165, 1.54) is 0 Å². The zero-order valence-electron chi connectivity index (χ0n) is 7.42. The molecule has 3 heteroatoms. The maximum Gasteiger partial charge on any atom is 0.145 e. The van der Waals surface area contributed by atoms with Crippen molar-refractivity contribution in [3.8, 4) is 0 Å². The van der Waals surface area contributed by atoms with Gasteiger partial charge in [-0.25, -0.2) is 0 Å². The predicted molar refractivity (Wildman–Crippen MR) is 43.8 cm³/mol. The van der Waals surface area contributed by atoms with Crippen molar-refractivity contribution in [3.63, 3.8) is 0 Å². The molecule has 0 aromatic carbocycles. The van der Waals surface area contributed by atoms with Crippen LogP contribution in [0.3, 0.4) is 0 Å². The van der Waals surface area contributed by atoms with Crippen molar-refractivity contribution in [2.45, 2.75) is 38.7 Å². The van der Waals surface area contributed by atoms with E-state index in [-0.39, 0.29) is 12.0 Å². The molecule has 1 heterocycles. The molecule has 0 saturated carbocycles. The van der Waals surface area contributed by atoms with Crippen LogP contribution in [0, 0.1) is 0 Å². The number of aliphatic hydroxyl groups excluding tert-OH is 1. The Hall–Kier alpha value is -0.830. The maximum atomic E-state index is 8.94. The standard InChI is InChI=1S/C9H13NO2/c1-9(2)4-3-6-7(5-11)10-12-8(6)9/h11H,3-5H2,1-2H3. The van der Waals surface area contributed by atoms with E-state index in [2.05, 4.69) is 19.0 Å². The SMILES string of the molecule is CC1(C)CCc2c(CO)noc21. The van der Waals surface area contributed by atoms with E-state index in [1.54, 1.807) is 0 Å². The molecule has 1 aliphatic rings. The Kier molecular flexibility index (Phi) is 1.51. The van der Waals surface area contributed by atoms with Crippen LogP contribution in [0.4, 0.5) is 0 Å². The molecule has 0 saturated heterocycles. The Morgan fingerprint density at radius 1 is 1.58 bits per heavy atom. The first kappa shape index (κ1) is 7.80. The second-order valence-corrected chi connectivity index (χ2v) is 3.98. The smallest absolute Gasteiger partial charge is 0.145 e. The number of rotatable bonds is 1. The van der Waals surface area contributed by atoms with Gasteiger partial charge < -0.3 is 9.63 Å². The Morgan fingerprint density at radius 2 is 2.33 bits per heavy atom. The average molecular weight is 167 g/mol. The highest BCUT2D eigenvalue weighted by molar-refractivity contribution is 5.33. The maximum absolute atomic E-state index is 8.94. The van der Waals surface area contributed by atoms with Crippen LogP contribution in [-0.2, 0) is 18.4 Å². The van der Waals surface area contributed by atoms with Crippen molar-refractivity contribution in [1.82, 2.24) is 5.16 Å². The summed E-state index contributed by atoms with van der Waals surface area (Å²) in [5.74, 6) is 0.964. The molecule has 0 atom stereocenters. The number of aromatic nitrogens is 1. The van der Waals surface area contributed by atoms with Crippen LogP contribution < -0.4 is 0 Å². The molecule has 0 unspecified atom stereocenters. The third-order valence-corrected chi connectivity index (χ3v) is 2.63. The highest BCUT2D eigenvalue weighted by Gasteiger charge is 2.36. The molecule has 66 valence electrons. The van der Waals surface area contributed by atoms with E-state index >= 15 is 0 Å². The zero-order valence-corrected chi connectivity index (χ0v) is 7.42. The van der Waals surface area contributed by atoms with Crippen LogP contribution in [0.1, 0.15) is 37.3 Å². The topological polar surface area (TPSA) is 46.3 Å². The van der Waals surface area contributed by atoms with Crippen LogP contribution in [0.15, 0.2) is 4.52 Å². The third kappa shape index (κ3) is 0.894. The number of nitrogens with zero attached hydrogens (tertiary/aromatic N) is 1. The Bertz CT molecular complexity index is 301. The first-order valence-corrected chi connectivity index (χ1v) is 4.24. The van der Waals surface area contributed by atoms with Gasteiger partial charge in [0, 0.05) is 11.0 Å². The van der Waals surface area contributed by atoms with E-state index in [4.69, 9.17) is 9.63 Å². The lowest BCUT2D eigenvalue weighted by molar-refractivity contribution is 0.257. The van der Waals surface area contributed by atoms with Gasteiger partial charge in [0.2, 0.25) is 0 Å². The minimum absolute atomic E-state index is 0.00505. The molecule has 1 N–H and O–H groups in total. The molecule has 0 amide bonds. The molecule has 1 aromatic rings. The van der Waals surface area contributed by atoms with Gasteiger partial charge in [-0.2, -0.15) is 0 Å². The summed E-state index contributed by atoms with van der Waals surface area (Å²) < 4.78 is 5.20. The lowest BCUT2D eigenvalue weighted by atomic mass is 9.92. The highest BCUT2D eigenvalue weighted by atomic mass is 16.5. The van der Waals surface area contributed by atoms with Crippen LogP contribution in [0.25, 0.3) is 0 Å². The molecular formula is C9H13NO2. The number of aliphatic hydroxyl groups is 1. The highest BCUT2D eigenvalue weighted by Crippen LogP contribution is 2.39. The van der Waals surface area contributed by atoms with Gasteiger partial charge in [-0.15, -0.1) is 0 Å². The van der Waals surface area contributed by atoms with Crippen molar-refractivity contribution < 1.29 is 9.63 Å². The summed E-state index contributed by atoms with van der Waals surface area (Å²) in [5, 5.41) is 12.8. The van der Waals surface area contributed by atoms with Gasteiger partial charge in [0.1, 0.15) is 11.5 Å². The summed E-state index contributed by atoms with van der Waals surface area (Å²) in [6.07, 6.45) is 2.08. The second kappa shape index (κ2) is 2.33. The lowest BCUT2D eigenvalue weighted by Gasteiger charge is -2.13. The molecule has 12 heavy (non-hydrogen) atoms. The number of fused-ring (bicyclic) bond motifs is 1. The molecule has 0 spiro atoms. The fourth-order valence-corrected chi connectivity index (χ4v) is 1.81. The van der Waals surface area contributed by atoms with Gasteiger partial charge in [0.25, 0.3) is 0 Å². The zero-order chi connectivity index (χ0) is 8.77. The quantitative estimate of drug-likeness (QED) is 0.687. The molecule has 2 rings (SSSR count). The van der Waals surface area contributed by atoms with E-state index < -0.39 is 0 Å². The predicted octanol–water partition coefficient (Wildman–Crippen LogP) is 1.39. The van der Waals surface area contributed by atoms with Crippen LogP contribution in [0.5, 0.6) is 0 Å². The summed E-state index contributed by atoms with van der Waals surface area (Å²) in [5.41, 5.74) is 1.95. The molecule has 0 fully saturated rings. The Labute approximate surface area is 71.4 Å². The van der Waals surface area contributed by atoms with E-state index in [0.29, 0.717) is 0 Å². The average Bonchev–Trinajstić information content (AvgIpc) is 2.53. The molecule has 1 aliphatic carbocycles.